The largest absolute Gasteiger partial charge is 0.507 e. The van der Waals surface area contributed by atoms with Crippen LogP contribution in [0.1, 0.15) is 305 Å². The van der Waals surface area contributed by atoms with Gasteiger partial charge in [0.05, 0.1) is 85.9 Å². The fraction of sp³-hybridized carbons (Fsp3) is 0.610. The number of ether oxygens (including phenoxy) is 15. The summed E-state index contributed by atoms with van der Waals surface area (Å²) in [5, 5.41) is 46.4. The van der Waals surface area contributed by atoms with Gasteiger partial charge in [-0.3, -0.25) is 0 Å². The van der Waals surface area contributed by atoms with Crippen molar-refractivity contribution in [1.82, 2.24) is 10.6 Å². The number of benzene rings is 4. The Kier molecular flexibility index (Phi) is 63.8. The molecule has 4 aliphatic carbocycles. The first-order valence-electron chi connectivity index (χ1n) is 53.5. The quantitative estimate of drug-likeness (QED) is 0.00881. The Balaban J connectivity index is 0.000000349. The van der Waals surface area contributed by atoms with Crippen LogP contribution in [0, 0.1) is 23.7 Å². The van der Waals surface area contributed by atoms with Crippen LogP contribution >= 0.6 is 0 Å². The maximum Gasteiger partial charge on any atom is 0.412 e. The zero-order chi connectivity index (χ0) is 108. The molecule has 0 radical (unpaired) electrons. The van der Waals surface area contributed by atoms with Crippen molar-refractivity contribution in [2.75, 3.05) is 153 Å². The van der Waals surface area contributed by atoms with Gasteiger partial charge in [-0.1, -0.05) is 174 Å². The molecule has 4 aliphatic rings. The van der Waals surface area contributed by atoms with Crippen LogP contribution in [0.25, 0.3) is 0 Å². The van der Waals surface area contributed by atoms with E-state index >= 15 is 0 Å². The lowest BCUT2D eigenvalue weighted by molar-refractivity contribution is -0.146. The molecule has 9 atom stereocenters. The molecule has 0 aromatic heterocycles. The molecule has 8 rings (SSSR count). The standard InChI is InChI=1S/C35H54O10.C31H50N4O4.C28H42O6.C24H34O5/c1-7-8-9-10-28-22-31(44-33(36)24-42-19-17-40-15-13-38-5)35(30-21-27(4)11-12-29(30)26(2)3)32(23-28)45-34(37)25-43-20-18-41-16-14-39-6;1-5-6-7-12-24-20-27(38-30(36)34-17-10-8-15-32)29(26-19-23(4)13-14-25(26)22(2)3)28(21-24)39-31(37)35-18-11-9-16-33;1-6-7-8-9-22-17-25(29)28(24-16-21(4)10-11-23(24)20(2)3)26(18-22)34-27(30)19-33-15-14-32-13-12-31-5;1-5-6-7-8-17-12-20(26)23(22(13-17)29-24(28)21(27)14-25)19-11-16(4)9-10-18(19)15(2)3/h21-23,29-30H,2,7-20,24-25H2,1,3-6H3;19-21,25-26H,2,5-18,32-33H2,1,3-4H3,(H,34,36)(H,35,37);16-18,23-24,29H,2,6-15,19H2,1,3-5H3;11-13,18-19,21,25-27H,2,5-10,14H2,1,3-4H3/t29-,30+;25-,26+;23-,24+;18-,19+,21-/m0000/s1. The average molecular weight is 2050 g/mol. The third-order valence-electron chi connectivity index (χ3n) is 26.4. The molecular formula is C118H180N4O25. The Morgan fingerprint density at radius 1 is 0.354 bits per heavy atom. The Morgan fingerprint density at radius 2 is 0.605 bits per heavy atom. The SMILES string of the molecule is C=C(C)[C@@H]1CCC(C)=C[C@H]1c1c(O)cc(CCCCC)cc1OC(=O)COCCOCCOC.C=C(C)[C@@H]1CCC(C)=C[C@H]1c1c(O)cc(CCCCC)cc1OC(=O)[C@@H](O)CO.C=C(C)[C@@H]1CCC(C)=C[C@H]1c1c(OC(=O)COCCOCCOC)cc(CCCCC)cc1OC(=O)COCCOCCOC.C=C(C)[C@@H]1CCC(C)=C[C@H]1c1c(OC(=O)NCCCCN)cc(CCCCC)cc1OC(=O)NCCCCN. The van der Waals surface area contributed by atoms with Gasteiger partial charge in [0.2, 0.25) is 0 Å². The van der Waals surface area contributed by atoms with Crippen molar-refractivity contribution >= 4 is 36.1 Å². The Morgan fingerprint density at radius 3 is 0.871 bits per heavy atom. The van der Waals surface area contributed by atoms with Gasteiger partial charge in [0.15, 0.2) is 6.10 Å². The molecule has 0 bridgehead atoms. The highest BCUT2D eigenvalue weighted by Gasteiger charge is 2.38. The number of carbonyl (C=O) groups is 6. The number of phenols is 2. The number of aliphatic hydroxyl groups is 2. The number of aromatic hydroxyl groups is 2. The monoisotopic (exact) mass is 2050 g/mol. The number of unbranched alkanes of at least 4 members (excludes halogenated alkanes) is 10. The molecule has 0 saturated carbocycles. The van der Waals surface area contributed by atoms with E-state index in [1.165, 1.54) is 22.3 Å². The number of aryl methyl sites for hydroxylation is 4. The number of esters is 4. The van der Waals surface area contributed by atoms with Gasteiger partial charge in [0.1, 0.15) is 65.8 Å². The summed E-state index contributed by atoms with van der Waals surface area (Å²) in [7, 11) is 4.83. The fourth-order valence-corrected chi connectivity index (χ4v) is 18.4. The van der Waals surface area contributed by atoms with E-state index in [0.717, 1.165) is 224 Å². The van der Waals surface area contributed by atoms with Crippen molar-refractivity contribution in [2.45, 2.75) is 293 Å². The number of hydrogen-bond donors (Lipinski definition) is 8. The Bertz CT molecular complexity index is 4720. The fourth-order valence-electron chi connectivity index (χ4n) is 18.4. The average Bonchev–Trinajstić information content (AvgIpc) is 0.781. The summed E-state index contributed by atoms with van der Waals surface area (Å²) in [5.74, 6) is -0.0917. The van der Waals surface area contributed by atoms with Crippen LogP contribution in [-0.4, -0.2) is 216 Å². The third kappa shape index (κ3) is 47.6. The highest BCUT2D eigenvalue weighted by atomic mass is 16.6. The molecule has 0 heterocycles. The third-order valence-corrected chi connectivity index (χ3v) is 26.4. The van der Waals surface area contributed by atoms with Gasteiger partial charge in [-0.25, -0.2) is 28.8 Å². The molecule has 29 nitrogen and oxygen atoms in total. The first kappa shape index (κ1) is 128. The van der Waals surface area contributed by atoms with E-state index in [0.29, 0.717) is 137 Å². The summed E-state index contributed by atoms with van der Waals surface area (Å²) in [5.41, 5.74) is 26.5. The molecule has 0 unspecified atom stereocenters. The number of methoxy groups -OCH3 is 3. The van der Waals surface area contributed by atoms with Gasteiger partial charge in [-0.05, 0) is 291 Å². The minimum Gasteiger partial charge on any atom is -0.507 e. The minimum atomic E-state index is -1.62. The van der Waals surface area contributed by atoms with Gasteiger partial charge in [0.25, 0.3) is 0 Å². The number of carbonyl (C=O) groups excluding carboxylic acids is 6. The number of amides is 2. The predicted molar refractivity (Wildman–Crippen MR) is 579 cm³/mol. The number of phenolic OH excluding ortho intramolecular Hbond substituents is 2. The first-order chi connectivity index (χ1) is 70.7. The Labute approximate surface area is 877 Å². The maximum atomic E-state index is 13.0. The van der Waals surface area contributed by atoms with Gasteiger partial charge in [0, 0.05) is 80.3 Å². The molecule has 0 aliphatic heterocycles. The topological polar surface area (TPSA) is 398 Å². The molecule has 2 amide bonds. The van der Waals surface area contributed by atoms with Gasteiger partial charge >= 0.3 is 36.1 Å². The van der Waals surface area contributed by atoms with Crippen molar-refractivity contribution in [3.63, 3.8) is 0 Å². The molecule has 0 saturated heterocycles. The second-order valence-corrected chi connectivity index (χ2v) is 39.2. The predicted octanol–water partition coefficient (Wildman–Crippen LogP) is 21.8. The number of allylic oxidation sites excluding steroid dienone is 12. The molecule has 0 spiro atoms. The lowest BCUT2D eigenvalue weighted by atomic mass is 9.73. The summed E-state index contributed by atoms with van der Waals surface area (Å²) >= 11 is 0. The Hall–Kier alpha value is -9.70. The van der Waals surface area contributed by atoms with Gasteiger partial charge in [-0.15, -0.1) is 0 Å². The van der Waals surface area contributed by atoms with Crippen LogP contribution in [0.15, 0.2) is 144 Å². The lowest BCUT2D eigenvalue weighted by Gasteiger charge is -2.32. The first-order valence-corrected chi connectivity index (χ1v) is 53.5. The number of aliphatic hydroxyl groups excluding tert-OH is 2. The van der Waals surface area contributed by atoms with Crippen LogP contribution in [0.3, 0.4) is 0 Å². The summed E-state index contributed by atoms with van der Waals surface area (Å²) in [4.78, 5) is 76.7. The van der Waals surface area contributed by atoms with E-state index in [4.69, 9.17) is 87.6 Å². The summed E-state index contributed by atoms with van der Waals surface area (Å²) < 4.78 is 82.6. The van der Waals surface area contributed by atoms with E-state index in [1.807, 2.05) is 64.1 Å². The van der Waals surface area contributed by atoms with Crippen LogP contribution < -0.4 is 50.5 Å². The van der Waals surface area contributed by atoms with Crippen LogP contribution in [0.4, 0.5) is 9.59 Å². The summed E-state index contributed by atoms with van der Waals surface area (Å²) in [6.07, 6.45) is 32.5. The molecule has 4 aromatic carbocycles. The number of rotatable bonds is 64. The van der Waals surface area contributed by atoms with Crippen molar-refractivity contribution in [3.05, 3.63) is 188 Å². The van der Waals surface area contributed by atoms with E-state index < -0.39 is 48.8 Å². The van der Waals surface area contributed by atoms with Gasteiger partial charge < -0.3 is 114 Å². The number of nitrogens with two attached hydrogens (primary N) is 2. The molecule has 0 fully saturated rings. The zero-order valence-electron chi connectivity index (χ0n) is 91.4. The molecular weight excluding hydrogens is 1870 g/mol. The van der Waals surface area contributed by atoms with Crippen molar-refractivity contribution < 1.29 is 120 Å². The maximum absolute atomic E-state index is 13.0. The smallest absolute Gasteiger partial charge is 0.412 e. The second-order valence-electron chi connectivity index (χ2n) is 39.2. The molecule has 822 valence electrons. The van der Waals surface area contributed by atoms with E-state index in [1.54, 1.807) is 33.5 Å². The number of nitrogens with one attached hydrogen (secondary N) is 2. The summed E-state index contributed by atoms with van der Waals surface area (Å²) in [6, 6.07) is 14.9. The molecule has 4 aromatic rings. The normalized spacial score (nSPS) is 17.6. The van der Waals surface area contributed by atoms with Crippen LogP contribution in [0.2, 0.25) is 0 Å². The zero-order valence-corrected chi connectivity index (χ0v) is 91.4. The van der Waals surface area contributed by atoms with Crippen LogP contribution in [-0.2, 0) is 87.5 Å². The molecule has 147 heavy (non-hydrogen) atoms. The molecule has 29 heteroatoms. The molecule has 10 N–H and O–H groups in total. The van der Waals surface area contributed by atoms with E-state index in [-0.39, 0.29) is 104 Å². The van der Waals surface area contributed by atoms with E-state index in [2.05, 4.69) is 117 Å². The minimum absolute atomic E-state index is 0.0792. The van der Waals surface area contributed by atoms with Gasteiger partial charge in [-0.2, -0.15) is 0 Å². The van der Waals surface area contributed by atoms with Crippen molar-refractivity contribution in [3.8, 4) is 46.0 Å². The van der Waals surface area contributed by atoms with Crippen molar-refractivity contribution in [2.24, 2.45) is 35.1 Å². The lowest BCUT2D eigenvalue weighted by Crippen LogP contribution is -2.30. The van der Waals surface area contributed by atoms with Crippen LogP contribution in [0.5, 0.6) is 46.0 Å². The highest BCUT2D eigenvalue weighted by Crippen LogP contribution is 2.53. The summed E-state index contributed by atoms with van der Waals surface area (Å²) in [6.45, 7) is 47.2. The highest BCUT2D eigenvalue weighted by molar-refractivity contribution is 5.80. The number of hydrogen-bond acceptors (Lipinski definition) is 27. The second kappa shape index (κ2) is 73.5. The van der Waals surface area contributed by atoms with E-state index in [9.17, 15) is 44.1 Å². The van der Waals surface area contributed by atoms with Crippen molar-refractivity contribution in [1.29, 1.82) is 0 Å².